The maximum absolute atomic E-state index is 13.8. The summed E-state index contributed by atoms with van der Waals surface area (Å²) in [6, 6.07) is 0.416. The van der Waals surface area contributed by atoms with Gasteiger partial charge in [0.1, 0.15) is 17.5 Å². The molecule has 1 aliphatic heterocycles. The zero-order chi connectivity index (χ0) is 18.7. The van der Waals surface area contributed by atoms with Crippen molar-refractivity contribution in [3.05, 3.63) is 35.1 Å². The molecule has 1 aromatic carbocycles. The average molecular weight is 393 g/mol. The van der Waals surface area contributed by atoms with Gasteiger partial charge in [0.2, 0.25) is 5.91 Å². The third-order valence-corrected chi connectivity index (χ3v) is 4.47. The van der Waals surface area contributed by atoms with Crippen molar-refractivity contribution in [3.63, 3.8) is 0 Å². The molecule has 1 amide bonds. The number of ketones is 1. The Kier molecular flexibility index (Phi) is 8.09. The van der Waals surface area contributed by atoms with Gasteiger partial charge in [-0.3, -0.25) is 9.59 Å². The van der Waals surface area contributed by atoms with Gasteiger partial charge in [0.05, 0.1) is 11.6 Å². The number of piperidine rings is 1. The fraction of sp³-hybridized carbons (Fsp3) is 0.556. The Morgan fingerprint density at radius 1 is 1.15 bits per heavy atom. The molecule has 4 nitrogen and oxygen atoms in total. The molecule has 0 aliphatic carbocycles. The molecule has 0 bridgehead atoms. The van der Waals surface area contributed by atoms with Crippen LogP contribution in [-0.2, 0) is 4.79 Å². The Balaban J connectivity index is 0.00000338. The highest BCUT2D eigenvalue weighted by atomic mass is 35.5. The van der Waals surface area contributed by atoms with Gasteiger partial charge in [0.15, 0.2) is 5.78 Å². The number of likely N-dealkylation sites (tertiary alicyclic amines) is 1. The predicted octanol–water partition coefficient (Wildman–Crippen LogP) is 3.32. The van der Waals surface area contributed by atoms with Gasteiger partial charge in [-0.05, 0) is 25.2 Å². The van der Waals surface area contributed by atoms with E-state index in [1.54, 1.807) is 4.90 Å². The van der Waals surface area contributed by atoms with Crippen LogP contribution in [-0.4, -0.2) is 35.7 Å². The monoisotopic (exact) mass is 392 g/mol. The number of rotatable bonds is 5. The van der Waals surface area contributed by atoms with Gasteiger partial charge in [-0.1, -0.05) is 13.8 Å². The average Bonchev–Trinajstić information content (AvgIpc) is 2.52. The minimum atomic E-state index is -1.19. The summed E-state index contributed by atoms with van der Waals surface area (Å²) >= 11 is 0. The van der Waals surface area contributed by atoms with Crippen molar-refractivity contribution in [2.75, 3.05) is 13.1 Å². The summed E-state index contributed by atoms with van der Waals surface area (Å²) in [7, 11) is 0. The lowest BCUT2D eigenvalue weighted by atomic mass is 9.88. The quantitative estimate of drug-likeness (QED) is 0.782. The summed E-state index contributed by atoms with van der Waals surface area (Å²) in [5.41, 5.74) is 5.19. The first-order valence-electron chi connectivity index (χ1n) is 8.43. The van der Waals surface area contributed by atoms with E-state index in [-0.39, 0.29) is 18.3 Å². The normalized spacial score (nSPS) is 16.3. The first-order chi connectivity index (χ1) is 11.7. The molecule has 2 N–H and O–H groups in total. The Morgan fingerprint density at radius 3 is 2.12 bits per heavy atom. The molecular weight excluding hydrogens is 369 g/mol. The number of Topliss-reactive ketones (excluding diaryl/α,β-unsaturated/α-hetero) is 1. The molecule has 1 fully saturated rings. The molecule has 0 saturated carbocycles. The van der Waals surface area contributed by atoms with Crippen LogP contribution >= 0.6 is 12.4 Å². The van der Waals surface area contributed by atoms with Crippen molar-refractivity contribution in [1.29, 1.82) is 0 Å². The Hall–Kier alpha value is -1.60. The topological polar surface area (TPSA) is 63.4 Å². The number of carbonyl (C=O) groups is 2. The minimum Gasteiger partial charge on any atom is -0.341 e. The van der Waals surface area contributed by atoms with Crippen LogP contribution in [0, 0.1) is 29.3 Å². The fourth-order valence-corrected chi connectivity index (χ4v) is 3.19. The van der Waals surface area contributed by atoms with Crippen LogP contribution in [0.1, 0.15) is 43.5 Å². The second kappa shape index (κ2) is 9.37. The van der Waals surface area contributed by atoms with Gasteiger partial charge in [-0.25, -0.2) is 13.2 Å². The minimum absolute atomic E-state index is 0. The molecule has 2 rings (SSSR count). The van der Waals surface area contributed by atoms with E-state index in [2.05, 4.69) is 0 Å². The highest BCUT2D eigenvalue weighted by Crippen LogP contribution is 2.26. The maximum Gasteiger partial charge on any atom is 0.239 e. The smallest absolute Gasteiger partial charge is 0.239 e. The number of hydrogen-bond donors (Lipinski definition) is 1. The molecule has 1 atom stereocenters. The SMILES string of the molecule is CC(C)C[C@H](N)C(=O)N1CCC(C(=O)c2c(F)cc(F)cc2F)CC1.Cl. The van der Waals surface area contributed by atoms with Gasteiger partial charge in [-0.2, -0.15) is 0 Å². The van der Waals surface area contributed by atoms with Crippen molar-refractivity contribution in [3.8, 4) is 0 Å². The Bertz CT molecular complexity index is 639. The Labute approximate surface area is 157 Å². The van der Waals surface area contributed by atoms with E-state index in [9.17, 15) is 22.8 Å². The van der Waals surface area contributed by atoms with Crippen molar-refractivity contribution < 1.29 is 22.8 Å². The van der Waals surface area contributed by atoms with Crippen molar-refractivity contribution >= 4 is 24.1 Å². The highest BCUT2D eigenvalue weighted by molar-refractivity contribution is 5.98. The van der Waals surface area contributed by atoms with Crippen LogP contribution in [0.25, 0.3) is 0 Å². The van der Waals surface area contributed by atoms with E-state index in [0.717, 1.165) is 0 Å². The van der Waals surface area contributed by atoms with Gasteiger partial charge in [0.25, 0.3) is 0 Å². The number of halogens is 4. The lowest BCUT2D eigenvalue weighted by Gasteiger charge is -2.33. The third-order valence-electron chi connectivity index (χ3n) is 4.47. The number of amides is 1. The first-order valence-corrected chi connectivity index (χ1v) is 8.43. The van der Waals surface area contributed by atoms with E-state index in [1.807, 2.05) is 13.8 Å². The number of carbonyl (C=O) groups excluding carboxylic acids is 2. The Morgan fingerprint density at radius 2 is 1.65 bits per heavy atom. The molecule has 8 heteroatoms. The van der Waals surface area contributed by atoms with E-state index >= 15 is 0 Å². The summed E-state index contributed by atoms with van der Waals surface area (Å²) in [6.07, 6.45) is 1.17. The zero-order valence-corrected chi connectivity index (χ0v) is 15.6. The molecule has 0 aromatic heterocycles. The van der Waals surface area contributed by atoms with E-state index < -0.39 is 40.8 Å². The molecule has 146 valence electrons. The first kappa shape index (κ1) is 22.4. The number of benzene rings is 1. The third kappa shape index (κ3) is 5.20. The maximum atomic E-state index is 13.8. The molecule has 1 heterocycles. The van der Waals surface area contributed by atoms with Crippen molar-refractivity contribution in [2.45, 2.75) is 39.2 Å². The van der Waals surface area contributed by atoms with Crippen LogP contribution in [0.3, 0.4) is 0 Å². The van der Waals surface area contributed by atoms with E-state index in [0.29, 0.717) is 50.4 Å². The van der Waals surface area contributed by atoms with Crippen LogP contribution in [0.5, 0.6) is 0 Å². The summed E-state index contributed by atoms with van der Waals surface area (Å²) in [5, 5.41) is 0. The second-order valence-electron chi connectivity index (χ2n) is 6.94. The summed E-state index contributed by atoms with van der Waals surface area (Å²) in [5.74, 6) is -4.61. The van der Waals surface area contributed by atoms with Gasteiger partial charge < -0.3 is 10.6 Å². The predicted molar refractivity (Wildman–Crippen MR) is 94.6 cm³/mol. The van der Waals surface area contributed by atoms with Crippen LogP contribution in [0.15, 0.2) is 12.1 Å². The van der Waals surface area contributed by atoms with Crippen molar-refractivity contribution in [1.82, 2.24) is 4.90 Å². The van der Waals surface area contributed by atoms with Crippen LogP contribution in [0.4, 0.5) is 13.2 Å². The highest BCUT2D eigenvalue weighted by Gasteiger charge is 2.32. The summed E-state index contributed by atoms with van der Waals surface area (Å²) in [4.78, 5) is 26.2. The summed E-state index contributed by atoms with van der Waals surface area (Å²) < 4.78 is 40.5. The largest absolute Gasteiger partial charge is 0.341 e. The lowest BCUT2D eigenvalue weighted by molar-refractivity contribution is -0.134. The lowest BCUT2D eigenvalue weighted by Crippen LogP contribution is -2.48. The molecule has 0 unspecified atom stereocenters. The number of nitrogens with zero attached hydrogens (tertiary/aromatic N) is 1. The molecule has 26 heavy (non-hydrogen) atoms. The van der Waals surface area contributed by atoms with Crippen LogP contribution in [0.2, 0.25) is 0 Å². The number of hydrogen-bond acceptors (Lipinski definition) is 3. The van der Waals surface area contributed by atoms with Crippen LogP contribution < -0.4 is 5.73 Å². The van der Waals surface area contributed by atoms with E-state index in [4.69, 9.17) is 5.73 Å². The second-order valence-corrected chi connectivity index (χ2v) is 6.94. The molecule has 1 aromatic rings. The van der Waals surface area contributed by atoms with Gasteiger partial charge >= 0.3 is 0 Å². The standard InChI is InChI=1S/C18H23F3N2O2.ClH/c1-10(2)7-15(22)18(25)23-5-3-11(4-6-23)17(24)16-13(20)8-12(19)9-14(16)21;/h8-11,15H,3-7,22H2,1-2H3;1H/t15-;/m0./s1. The molecule has 0 radical (unpaired) electrons. The molecular formula is C18H24ClF3N2O2. The van der Waals surface area contributed by atoms with E-state index in [1.165, 1.54) is 0 Å². The fourth-order valence-electron chi connectivity index (χ4n) is 3.19. The summed E-state index contributed by atoms with van der Waals surface area (Å²) in [6.45, 7) is 4.57. The number of nitrogens with two attached hydrogens (primary N) is 1. The van der Waals surface area contributed by atoms with Crippen molar-refractivity contribution in [2.24, 2.45) is 17.6 Å². The molecule has 0 spiro atoms. The molecule has 1 aliphatic rings. The van der Waals surface area contributed by atoms with Gasteiger partial charge in [-0.15, -0.1) is 12.4 Å². The molecule has 1 saturated heterocycles. The zero-order valence-electron chi connectivity index (χ0n) is 14.8. The van der Waals surface area contributed by atoms with Gasteiger partial charge in [0, 0.05) is 31.1 Å².